The van der Waals surface area contributed by atoms with E-state index in [4.69, 9.17) is 4.99 Å². The summed E-state index contributed by atoms with van der Waals surface area (Å²) in [6, 6.07) is 10.1. The number of rotatable bonds is 7. The Morgan fingerprint density at radius 3 is 2.56 bits per heavy atom. The van der Waals surface area contributed by atoms with Crippen LogP contribution in [0.2, 0.25) is 0 Å². The highest BCUT2D eigenvalue weighted by Gasteiger charge is 2.17. The summed E-state index contributed by atoms with van der Waals surface area (Å²) in [6.45, 7) is 17.9. The monoisotopic (exact) mass is 483 g/mol. The third-order valence-electron chi connectivity index (χ3n) is 6.71. The maximum atomic E-state index is 14.7. The SMILES string of the molecule is C=CC(Cc1ccc(C2=C(C)CC=NC=C2F)c(C)c1)=Nc1ccc(N2CCN(C(=C)C)CC2)cn1. The van der Waals surface area contributed by atoms with E-state index in [1.807, 2.05) is 38.2 Å². The Kier molecular flexibility index (Phi) is 7.93. The molecular formula is C30H34FN5. The molecule has 0 aliphatic carbocycles. The molecule has 0 unspecified atom stereocenters. The summed E-state index contributed by atoms with van der Waals surface area (Å²) in [4.78, 5) is 18.0. The summed E-state index contributed by atoms with van der Waals surface area (Å²) >= 11 is 0. The largest absolute Gasteiger partial charge is 0.372 e. The summed E-state index contributed by atoms with van der Waals surface area (Å²) in [5, 5.41) is 0. The Labute approximate surface area is 213 Å². The Morgan fingerprint density at radius 2 is 1.92 bits per heavy atom. The van der Waals surface area contributed by atoms with Crippen LogP contribution in [0.25, 0.3) is 5.57 Å². The van der Waals surface area contributed by atoms with Gasteiger partial charge in [0.15, 0.2) is 5.82 Å². The van der Waals surface area contributed by atoms with Gasteiger partial charge in [0.25, 0.3) is 0 Å². The quantitative estimate of drug-likeness (QED) is 0.417. The van der Waals surface area contributed by atoms with Gasteiger partial charge in [0, 0.05) is 62.2 Å². The van der Waals surface area contributed by atoms with Crippen LogP contribution >= 0.6 is 0 Å². The number of piperazine rings is 1. The highest BCUT2D eigenvalue weighted by atomic mass is 19.1. The number of nitrogens with zero attached hydrogens (tertiary/aromatic N) is 5. The molecule has 0 radical (unpaired) electrons. The maximum absolute atomic E-state index is 14.7. The zero-order chi connectivity index (χ0) is 25.7. The van der Waals surface area contributed by atoms with E-state index in [-0.39, 0.29) is 5.83 Å². The van der Waals surface area contributed by atoms with Crippen LogP contribution in [0.15, 0.2) is 89.0 Å². The molecule has 1 saturated heterocycles. The van der Waals surface area contributed by atoms with E-state index >= 15 is 0 Å². The van der Waals surface area contributed by atoms with E-state index in [2.05, 4.69) is 52.0 Å². The van der Waals surface area contributed by atoms with Crippen LogP contribution in [0.1, 0.15) is 37.0 Å². The van der Waals surface area contributed by atoms with Crippen LogP contribution in [0.5, 0.6) is 0 Å². The van der Waals surface area contributed by atoms with E-state index in [0.717, 1.165) is 65.5 Å². The molecule has 1 aromatic heterocycles. The third kappa shape index (κ3) is 5.88. The fourth-order valence-electron chi connectivity index (χ4n) is 4.64. The number of aliphatic imine (C=N–C) groups is 2. The van der Waals surface area contributed by atoms with Gasteiger partial charge in [-0.25, -0.2) is 14.4 Å². The topological polar surface area (TPSA) is 44.1 Å². The van der Waals surface area contributed by atoms with Crippen molar-refractivity contribution in [1.82, 2.24) is 9.88 Å². The van der Waals surface area contributed by atoms with Gasteiger partial charge in [-0.3, -0.25) is 4.99 Å². The molecule has 186 valence electrons. The molecule has 2 aliphatic rings. The lowest BCUT2D eigenvalue weighted by atomic mass is 9.92. The Hall–Kier alpha value is -3.80. The highest BCUT2D eigenvalue weighted by Crippen LogP contribution is 2.33. The molecule has 2 aliphatic heterocycles. The number of allylic oxidation sites excluding steroid dienone is 5. The molecule has 0 saturated carbocycles. The van der Waals surface area contributed by atoms with Crippen LogP contribution in [0, 0.1) is 6.92 Å². The molecule has 5 nitrogen and oxygen atoms in total. The lowest BCUT2D eigenvalue weighted by Crippen LogP contribution is -2.45. The van der Waals surface area contributed by atoms with Crippen molar-refractivity contribution < 1.29 is 4.39 Å². The van der Waals surface area contributed by atoms with Crippen LogP contribution in [-0.4, -0.2) is 48.0 Å². The average molecular weight is 484 g/mol. The minimum atomic E-state index is -0.294. The van der Waals surface area contributed by atoms with Gasteiger partial charge in [0.2, 0.25) is 0 Å². The van der Waals surface area contributed by atoms with Gasteiger partial charge in [-0.2, -0.15) is 0 Å². The number of pyridine rings is 1. The highest BCUT2D eigenvalue weighted by molar-refractivity contribution is 5.97. The first kappa shape index (κ1) is 25.3. The van der Waals surface area contributed by atoms with Crippen LogP contribution in [0.4, 0.5) is 15.9 Å². The lowest BCUT2D eigenvalue weighted by molar-refractivity contribution is 0.323. The smallest absolute Gasteiger partial charge is 0.152 e. The number of benzene rings is 1. The van der Waals surface area contributed by atoms with E-state index in [0.29, 0.717) is 24.2 Å². The number of anilines is 1. The summed E-state index contributed by atoms with van der Waals surface area (Å²) in [5.74, 6) is 0.367. The second-order valence-corrected chi connectivity index (χ2v) is 9.39. The first-order valence-corrected chi connectivity index (χ1v) is 12.3. The summed E-state index contributed by atoms with van der Waals surface area (Å²) in [6.07, 6.45) is 7.96. The Bertz CT molecular complexity index is 1260. The van der Waals surface area contributed by atoms with Crippen molar-refractivity contribution in [2.75, 3.05) is 31.1 Å². The summed E-state index contributed by atoms with van der Waals surface area (Å²) in [5.41, 5.74) is 7.68. The number of hydrogen-bond acceptors (Lipinski definition) is 5. The average Bonchev–Trinajstić information content (AvgIpc) is 3.04. The first-order valence-electron chi connectivity index (χ1n) is 12.3. The number of halogens is 1. The molecule has 0 N–H and O–H groups in total. The van der Waals surface area contributed by atoms with E-state index in [1.54, 1.807) is 12.3 Å². The van der Waals surface area contributed by atoms with Crippen molar-refractivity contribution in [2.45, 2.75) is 33.6 Å². The van der Waals surface area contributed by atoms with Crippen molar-refractivity contribution in [2.24, 2.45) is 9.98 Å². The minimum Gasteiger partial charge on any atom is -0.372 e. The molecule has 2 aromatic rings. The van der Waals surface area contributed by atoms with Crippen molar-refractivity contribution >= 4 is 29.0 Å². The third-order valence-corrected chi connectivity index (χ3v) is 6.71. The number of hydrogen-bond donors (Lipinski definition) is 0. The Balaban J connectivity index is 1.46. The van der Waals surface area contributed by atoms with Crippen molar-refractivity contribution in [3.05, 3.63) is 95.7 Å². The lowest BCUT2D eigenvalue weighted by Gasteiger charge is -2.37. The zero-order valence-electron chi connectivity index (χ0n) is 21.5. The van der Waals surface area contributed by atoms with Gasteiger partial charge in [0.05, 0.1) is 18.1 Å². The molecule has 0 spiro atoms. The van der Waals surface area contributed by atoms with Gasteiger partial charge in [-0.15, -0.1) is 0 Å². The van der Waals surface area contributed by atoms with Crippen LogP contribution in [-0.2, 0) is 6.42 Å². The van der Waals surface area contributed by atoms with E-state index < -0.39 is 0 Å². The molecule has 0 atom stereocenters. The minimum absolute atomic E-state index is 0.294. The first-order chi connectivity index (χ1) is 17.4. The zero-order valence-corrected chi connectivity index (χ0v) is 21.5. The standard InChI is InChI=1S/C30H34FN5/c1-6-25(34-29-10-8-26(19-33-29)36-15-13-35(14-16-36)21(2)3)18-24-7-9-27(23(5)17-24)30-22(4)11-12-32-20-28(30)31/h6-10,12,17,19-20H,1-2,11,13-16,18H2,3-5H3. The fraction of sp³-hybridized carbons (Fsp3) is 0.300. The molecule has 0 amide bonds. The fourth-order valence-corrected chi connectivity index (χ4v) is 4.64. The second-order valence-electron chi connectivity index (χ2n) is 9.39. The molecule has 0 bridgehead atoms. The van der Waals surface area contributed by atoms with Crippen molar-refractivity contribution in [3.63, 3.8) is 0 Å². The molecule has 1 aromatic carbocycles. The van der Waals surface area contributed by atoms with Crippen molar-refractivity contribution in [3.8, 4) is 0 Å². The molecular weight excluding hydrogens is 449 g/mol. The molecule has 1 fully saturated rings. The number of aromatic nitrogens is 1. The summed E-state index contributed by atoms with van der Waals surface area (Å²) in [7, 11) is 0. The van der Waals surface area contributed by atoms with Gasteiger partial charge in [-0.05, 0) is 55.7 Å². The number of aryl methyl sites for hydroxylation is 1. The maximum Gasteiger partial charge on any atom is 0.152 e. The van der Waals surface area contributed by atoms with E-state index in [9.17, 15) is 4.39 Å². The molecule has 4 rings (SSSR count). The van der Waals surface area contributed by atoms with Crippen LogP contribution in [0.3, 0.4) is 0 Å². The predicted molar refractivity (Wildman–Crippen MR) is 150 cm³/mol. The summed E-state index contributed by atoms with van der Waals surface area (Å²) < 4.78 is 14.7. The second kappa shape index (κ2) is 11.3. The van der Waals surface area contributed by atoms with Gasteiger partial charge >= 0.3 is 0 Å². The van der Waals surface area contributed by atoms with Crippen molar-refractivity contribution in [1.29, 1.82) is 0 Å². The van der Waals surface area contributed by atoms with E-state index in [1.165, 1.54) is 6.20 Å². The Morgan fingerprint density at radius 1 is 1.14 bits per heavy atom. The molecule has 36 heavy (non-hydrogen) atoms. The van der Waals surface area contributed by atoms with Gasteiger partial charge in [-0.1, -0.05) is 36.9 Å². The molecule has 6 heteroatoms. The van der Waals surface area contributed by atoms with Gasteiger partial charge in [0.1, 0.15) is 5.83 Å². The molecule has 3 heterocycles. The van der Waals surface area contributed by atoms with Gasteiger partial charge < -0.3 is 9.80 Å². The normalized spacial score (nSPS) is 16.7. The van der Waals surface area contributed by atoms with Crippen LogP contribution < -0.4 is 4.90 Å². The predicted octanol–water partition coefficient (Wildman–Crippen LogP) is 6.61.